The van der Waals surface area contributed by atoms with Gasteiger partial charge in [0.1, 0.15) is 0 Å². The molecule has 2 aliphatic carbocycles. The highest BCUT2D eigenvalue weighted by Gasteiger charge is 2.55. The molecule has 3 unspecified atom stereocenters. The molecule has 1 aromatic carbocycles. The molecule has 2 fully saturated rings. The highest BCUT2D eigenvalue weighted by molar-refractivity contribution is 5.27. The smallest absolute Gasteiger partial charge is 0.0329 e. The zero-order valence-electron chi connectivity index (χ0n) is 9.32. The summed E-state index contributed by atoms with van der Waals surface area (Å²) < 4.78 is 0. The molecule has 80 valence electrons. The molecule has 2 saturated carbocycles. The van der Waals surface area contributed by atoms with Crippen LogP contribution in [0.5, 0.6) is 0 Å². The third-order valence-electron chi connectivity index (χ3n) is 4.31. The van der Waals surface area contributed by atoms with E-state index in [1.165, 1.54) is 30.4 Å². The van der Waals surface area contributed by atoms with Gasteiger partial charge in [-0.15, -0.1) is 0 Å². The van der Waals surface area contributed by atoms with Gasteiger partial charge in [-0.05, 0) is 43.1 Å². The SMILES string of the molecule is Cc1cccc(C(N)C2C3CCCC32)c1. The van der Waals surface area contributed by atoms with E-state index in [0.29, 0.717) is 6.04 Å². The lowest BCUT2D eigenvalue weighted by Crippen LogP contribution is -2.15. The normalized spacial score (nSPS) is 34.9. The predicted octanol–water partition coefficient (Wildman–Crippen LogP) is 3.04. The summed E-state index contributed by atoms with van der Waals surface area (Å²) in [5.41, 5.74) is 9.03. The van der Waals surface area contributed by atoms with Gasteiger partial charge in [0, 0.05) is 6.04 Å². The molecular formula is C14H19N. The average molecular weight is 201 g/mol. The minimum absolute atomic E-state index is 0.292. The Kier molecular flexibility index (Phi) is 2.10. The van der Waals surface area contributed by atoms with Crippen LogP contribution in [-0.2, 0) is 0 Å². The first-order chi connectivity index (χ1) is 7.27. The average Bonchev–Trinajstić information content (AvgIpc) is 2.70. The molecule has 0 aliphatic heterocycles. The molecular weight excluding hydrogens is 182 g/mol. The molecule has 0 saturated heterocycles. The lowest BCUT2D eigenvalue weighted by Gasteiger charge is -2.14. The van der Waals surface area contributed by atoms with Crippen molar-refractivity contribution in [3.8, 4) is 0 Å². The number of nitrogens with two attached hydrogens (primary N) is 1. The van der Waals surface area contributed by atoms with Crippen molar-refractivity contribution in [2.75, 3.05) is 0 Å². The summed E-state index contributed by atoms with van der Waals surface area (Å²) in [6.07, 6.45) is 4.29. The van der Waals surface area contributed by atoms with Gasteiger partial charge in [-0.1, -0.05) is 36.2 Å². The van der Waals surface area contributed by atoms with E-state index in [-0.39, 0.29) is 0 Å². The van der Waals surface area contributed by atoms with Gasteiger partial charge in [0.2, 0.25) is 0 Å². The van der Waals surface area contributed by atoms with E-state index >= 15 is 0 Å². The minimum Gasteiger partial charge on any atom is -0.324 e. The van der Waals surface area contributed by atoms with Gasteiger partial charge >= 0.3 is 0 Å². The Morgan fingerprint density at radius 3 is 2.67 bits per heavy atom. The highest BCUT2D eigenvalue weighted by atomic mass is 14.7. The van der Waals surface area contributed by atoms with Crippen molar-refractivity contribution >= 4 is 0 Å². The quantitative estimate of drug-likeness (QED) is 0.782. The molecule has 0 bridgehead atoms. The molecule has 1 heteroatoms. The minimum atomic E-state index is 0.292. The predicted molar refractivity (Wildman–Crippen MR) is 62.4 cm³/mol. The maximum absolute atomic E-state index is 6.36. The van der Waals surface area contributed by atoms with Crippen molar-refractivity contribution in [2.45, 2.75) is 32.2 Å². The highest BCUT2D eigenvalue weighted by Crippen LogP contribution is 2.61. The van der Waals surface area contributed by atoms with Crippen molar-refractivity contribution < 1.29 is 0 Å². The van der Waals surface area contributed by atoms with Crippen LogP contribution in [0.4, 0.5) is 0 Å². The van der Waals surface area contributed by atoms with Crippen LogP contribution in [0.2, 0.25) is 0 Å². The second-order valence-electron chi connectivity index (χ2n) is 5.28. The number of hydrogen-bond acceptors (Lipinski definition) is 1. The van der Waals surface area contributed by atoms with Crippen molar-refractivity contribution in [3.63, 3.8) is 0 Å². The van der Waals surface area contributed by atoms with Crippen LogP contribution in [0.25, 0.3) is 0 Å². The first-order valence-corrected chi connectivity index (χ1v) is 6.09. The zero-order chi connectivity index (χ0) is 10.4. The molecule has 0 heterocycles. The molecule has 0 radical (unpaired) electrons. The van der Waals surface area contributed by atoms with Gasteiger partial charge in [-0.2, -0.15) is 0 Å². The number of fused-ring (bicyclic) bond motifs is 1. The molecule has 2 aliphatic rings. The largest absolute Gasteiger partial charge is 0.324 e. The topological polar surface area (TPSA) is 26.0 Å². The summed E-state index contributed by atoms with van der Waals surface area (Å²) in [6, 6.07) is 9.00. The van der Waals surface area contributed by atoms with E-state index < -0.39 is 0 Å². The van der Waals surface area contributed by atoms with E-state index in [1.807, 2.05) is 0 Å². The van der Waals surface area contributed by atoms with Crippen LogP contribution >= 0.6 is 0 Å². The molecule has 0 aromatic heterocycles. The van der Waals surface area contributed by atoms with Crippen LogP contribution in [0, 0.1) is 24.7 Å². The van der Waals surface area contributed by atoms with Crippen molar-refractivity contribution in [3.05, 3.63) is 35.4 Å². The monoisotopic (exact) mass is 201 g/mol. The zero-order valence-corrected chi connectivity index (χ0v) is 9.32. The van der Waals surface area contributed by atoms with Gasteiger partial charge in [0.15, 0.2) is 0 Å². The maximum atomic E-state index is 6.36. The van der Waals surface area contributed by atoms with Gasteiger partial charge < -0.3 is 5.73 Å². The first kappa shape index (κ1) is 9.41. The molecule has 3 rings (SSSR count). The molecule has 1 nitrogen and oxygen atoms in total. The molecule has 2 N–H and O–H groups in total. The van der Waals surface area contributed by atoms with Gasteiger partial charge in [-0.3, -0.25) is 0 Å². The third kappa shape index (κ3) is 1.50. The van der Waals surface area contributed by atoms with Crippen molar-refractivity contribution in [1.82, 2.24) is 0 Å². The Bertz CT molecular complexity index is 361. The molecule has 15 heavy (non-hydrogen) atoms. The summed E-state index contributed by atoms with van der Waals surface area (Å²) in [7, 11) is 0. The fourth-order valence-electron chi connectivity index (χ4n) is 3.51. The second kappa shape index (κ2) is 3.34. The summed E-state index contributed by atoms with van der Waals surface area (Å²) in [4.78, 5) is 0. The first-order valence-electron chi connectivity index (χ1n) is 6.09. The van der Waals surface area contributed by atoms with Gasteiger partial charge in [0.25, 0.3) is 0 Å². The fraction of sp³-hybridized carbons (Fsp3) is 0.571. The fourth-order valence-corrected chi connectivity index (χ4v) is 3.51. The molecule has 3 atom stereocenters. The van der Waals surface area contributed by atoms with E-state index in [2.05, 4.69) is 31.2 Å². The van der Waals surface area contributed by atoms with Crippen molar-refractivity contribution in [2.24, 2.45) is 23.5 Å². The number of aryl methyl sites for hydroxylation is 1. The molecule has 0 amide bonds. The Morgan fingerprint density at radius 2 is 2.00 bits per heavy atom. The van der Waals surface area contributed by atoms with E-state index in [0.717, 1.165) is 17.8 Å². The number of benzene rings is 1. The van der Waals surface area contributed by atoms with Crippen LogP contribution in [0.3, 0.4) is 0 Å². The standard InChI is InChI=1S/C14H19N/c1-9-4-2-5-10(8-9)14(15)13-11-6-3-7-12(11)13/h2,4-5,8,11-14H,3,6-7,15H2,1H3. The van der Waals surface area contributed by atoms with Crippen LogP contribution in [0.1, 0.15) is 36.4 Å². The summed E-state index contributed by atoms with van der Waals surface area (Å²) in [5.74, 6) is 2.71. The van der Waals surface area contributed by atoms with E-state index in [9.17, 15) is 0 Å². The Balaban J connectivity index is 1.78. The van der Waals surface area contributed by atoms with E-state index in [1.54, 1.807) is 0 Å². The molecule has 1 aromatic rings. The Morgan fingerprint density at radius 1 is 1.27 bits per heavy atom. The number of rotatable bonds is 2. The lowest BCUT2D eigenvalue weighted by molar-refractivity contribution is 0.501. The van der Waals surface area contributed by atoms with Crippen molar-refractivity contribution in [1.29, 1.82) is 0 Å². The van der Waals surface area contributed by atoms with Gasteiger partial charge in [-0.25, -0.2) is 0 Å². The summed E-state index contributed by atoms with van der Waals surface area (Å²) >= 11 is 0. The second-order valence-corrected chi connectivity index (χ2v) is 5.28. The Labute approximate surface area is 91.7 Å². The summed E-state index contributed by atoms with van der Waals surface area (Å²) in [5, 5.41) is 0. The lowest BCUT2D eigenvalue weighted by atomic mass is 9.97. The van der Waals surface area contributed by atoms with Crippen LogP contribution < -0.4 is 5.73 Å². The van der Waals surface area contributed by atoms with E-state index in [4.69, 9.17) is 5.73 Å². The maximum Gasteiger partial charge on any atom is 0.0329 e. The summed E-state index contributed by atoms with van der Waals surface area (Å²) in [6.45, 7) is 2.14. The molecule has 0 spiro atoms. The Hall–Kier alpha value is -0.820. The third-order valence-corrected chi connectivity index (χ3v) is 4.31. The van der Waals surface area contributed by atoms with Crippen LogP contribution in [0.15, 0.2) is 24.3 Å². The number of hydrogen-bond donors (Lipinski definition) is 1. The van der Waals surface area contributed by atoms with Crippen LogP contribution in [-0.4, -0.2) is 0 Å². The van der Waals surface area contributed by atoms with Gasteiger partial charge in [0.05, 0.1) is 0 Å².